The molecule has 0 radical (unpaired) electrons. The second-order valence-electron chi connectivity index (χ2n) is 7.15. The lowest BCUT2D eigenvalue weighted by Gasteiger charge is -2.07. The second kappa shape index (κ2) is 11.2. The highest BCUT2D eigenvalue weighted by atomic mass is 35.5. The quantitative estimate of drug-likeness (QED) is 0.201. The van der Waals surface area contributed by atoms with Crippen LogP contribution in [0.3, 0.4) is 0 Å². The Bertz CT molecular complexity index is 1480. The van der Waals surface area contributed by atoms with E-state index in [4.69, 9.17) is 0 Å². The third kappa shape index (κ3) is 5.32. The van der Waals surface area contributed by atoms with Crippen LogP contribution in [0.15, 0.2) is 53.3 Å². The topological polar surface area (TPSA) is 101 Å². The van der Waals surface area contributed by atoms with Gasteiger partial charge in [-0.25, -0.2) is 9.37 Å². The number of benzene rings is 1. The van der Waals surface area contributed by atoms with Crippen LogP contribution >= 0.6 is 47.9 Å². The summed E-state index contributed by atoms with van der Waals surface area (Å²) < 4.78 is 17.6. The van der Waals surface area contributed by atoms with E-state index >= 15 is 0 Å². The van der Waals surface area contributed by atoms with Gasteiger partial charge < -0.3 is 0 Å². The number of aromatic amines is 1. The number of aromatic nitrogens is 6. The summed E-state index contributed by atoms with van der Waals surface area (Å²) in [7, 11) is 0. The lowest BCUT2D eigenvalue weighted by atomic mass is 10.1. The van der Waals surface area contributed by atoms with E-state index in [0.29, 0.717) is 16.4 Å². The average molecular weight is 552 g/mol. The molecule has 182 valence electrons. The molecule has 0 fully saturated rings. The number of aryl methyl sites for hydroxylation is 1. The van der Waals surface area contributed by atoms with E-state index in [2.05, 4.69) is 30.7 Å². The van der Waals surface area contributed by atoms with Crippen LogP contribution in [0.2, 0.25) is 0 Å². The minimum absolute atomic E-state index is 0. The number of anilines is 1. The maximum Gasteiger partial charge on any atom is 0.260 e. The average Bonchev–Trinajstić information content (AvgIpc) is 3.53. The standard InChI is InChI=1S/C22H18FN7OS2.2ClH/c1-3-32-22-29-28-21(33-22)26-20(31)15-6-4-13(8-17(15)23)18-10-24-19-7-5-14(11-30(18)19)16-9-25-27-12(16)2;;/h4-11H,3H2,1-2H3,(H,25,27)(H,26,28,31);2*1H. The zero-order chi connectivity index (χ0) is 22.9. The van der Waals surface area contributed by atoms with Crippen LogP contribution in [-0.4, -0.2) is 41.4 Å². The Morgan fingerprint density at radius 2 is 1.97 bits per heavy atom. The predicted octanol–water partition coefficient (Wildman–Crippen LogP) is 5.90. The zero-order valence-electron chi connectivity index (χ0n) is 18.5. The molecule has 4 heterocycles. The van der Waals surface area contributed by atoms with Crippen molar-refractivity contribution in [3.63, 3.8) is 0 Å². The smallest absolute Gasteiger partial charge is 0.260 e. The summed E-state index contributed by atoms with van der Waals surface area (Å²) in [6.07, 6.45) is 5.39. The molecule has 0 saturated heterocycles. The van der Waals surface area contributed by atoms with E-state index in [9.17, 15) is 9.18 Å². The molecule has 8 nitrogen and oxygen atoms in total. The Kier molecular flexibility index (Phi) is 8.49. The van der Waals surface area contributed by atoms with Crippen molar-refractivity contribution in [1.82, 2.24) is 29.8 Å². The summed E-state index contributed by atoms with van der Waals surface area (Å²) >= 11 is 2.79. The van der Waals surface area contributed by atoms with Crippen LogP contribution in [0, 0.1) is 12.7 Å². The normalized spacial score (nSPS) is 10.6. The van der Waals surface area contributed by atoms with Crippen molar-refractivity contribution in [2.45, 2.75) is 18.2 Å². The fraction of sp³-hybridized carbons (Fsp3) is 0.136. The van der Waals surface area contributed by atoms with Crippen molar-refractivity contribution in [3.05, 3.63) is 66.0 Å². The molecule has 0 atom stereocenters. The number of pyridine rings is 1. The number of hydrogen-bond acceptors (Lipinski definition) is 7. The van der Waals surface area contributed by atoms with Crippen molar-refractivity contribution in [1.29, 1.82) is 0 Å². The maximum absolute atomic E-state index is 14.9. The van der Waals surface area contributed by atoms with E-state index in [0.717, 1.165) is 32.6 Å². The first-order chi connectivity index (χ1) is 16.0. The van der Waals surface area contributed by atoms with Crippen molar-refractivity contribution < 1.29 is 9.18 Å². The van der Waals surface area contributed by atoms with Gasteiger partial charge in [0.2, 0.25) is 5.13 Å². The van der Waals surface area contributed by atoms with Gasteiger partial charge in [0.05, 0.1) is 23.7 Å². The third-order valence-corrected chi connectivity index (χ3v) is 6.90. The number of hydrogen-bond donors (Lipinski definition) is 2. The monoisotopic (exact) mass is 551 g/mol. The number of carbonyl (C=O) groups excluding carboxylic acids is 1. The third-order valence-electron chi connectivity index (χ3n) is 5.05. The van der Waals surface area contributed by atoms with E-state index in [1.54, 1.807) is 18.5 Å². The molecule has 0 spiro atoms. The molecule has 35 heavy (non-hydrogen) atoms. The highest BCUT2D eigenvalue weighted by molar-refractivity contribution is 8.01. The molecule has 0 aliphatic carbocycles. The van der Waals surface area contributed by atoms with Gasteiger partial charge in [-0.15, -0.1) is 35.0 Å². The van der Waals surface area contributed by atoms with E-state index in [1.807, 2.05) is 36.6 Å². The van der Waals surface area contributed by atoms with E-state index in [-0.39, 0.29) is 30.4 Å². The Labute approximate surface area is 220 Å². The van der Waals surface area contributed by atoms with Gasteiger partial charge in [0.15, 0.2) is 4.34 Å². The van der Waals surface area contributed by atoms with Crippen molar-refractivity contribution in [2.24, 2.45) is 0 Å². The molecule has 0 saturated carbocycles. The number of H-pyrrole nitrogens is 1. The Morgan fingerprint density at radius 1 is 1.17 bits per heavy atom. The molecule has 5 aromatic rings. The SMILES string of the molecule is CCSc1nnc(NC(=O)c2ccc(-c3cnc4ccc(-c5cn[nH]c5C)cn34)cc2F)s1.Cl.Cl. The summed E-state index contributed by atoms with van der Waals surface area (Å²) in [6, 6.07) is 8.38. The molecule has 1 amide bonds. The molecule has 13 heteroatoms. The van der Waals surface area contributed by atoms with Gasteiger partial charge in [-0.1, -0.05) is 36.1 Å². The fourth-order valence-corrected chi connectivity index (χ4v) is 5.10. The van der Waals surface area contributed by atoms with Gasteiger partial charge in [-0.2, -0.15) is 5.10 Å². The van der Waals surface area contributed by atoms with Crippen LogP contribution in [0.4, 0.5) is 9.52 Å². The maximum atomic E-state index is 14.9. The summed E-state index contributed by atoms with van der Waals surface area (Å²) in [4.78, 5) is 17.0. The van der Waals surface area contributed by atoms with Gasteiger partial charge >= 0.3 is 0 Å². The first-order valence-corrected chi connectivity index (χ1v) is 11.9. The minimum atomic E-state index is -0.630. The van der Waals surface area contributed by atoms with Gasteiger partial charge in [-0.3, -0.25) is 19.6 Å². The summed E-state index contributed by atoms with van der Waals surface area (Å²) in [6.45, 7) is 3.95. The van der Waals surface area contributed by atoms with Crippen LogP contribution < -0.4 is 5.32 Å². The summed E-state index contributed by atoms with van der Waals surface area (Å²) in [5.41, 5.74) is 4.87. The van der Waals surface area contributed by atoms with Crippen molar-refractivity contribution >= 4 is 64.6 Å². The molecule has 0 bridgehead atoms. The zero-order valence-corrected chi connectivity index (χ0v) is 21.7. The molecular formula is C22H20Cl2FN7OS2. The molecular weight excluding hydrogens is 532 g/mol. The van der Waals surface area contributed by atoms with E-state index < -0.39 is 11.7 Å². The Balaban J connectivity index is 0.00000171. The van der Waals surface area contributed by atoms with Crippen LogP contribution in [-0.2, 0) is 0 Å². The number of nitrogens with zero attached hydrogens (tertiary/aromatic N) is 5. The van der Waals surface area contributed by atoms with Crippen LogP contribution in [0.1, 0.15) is 23.0 Å². The number of thioether (sulfide) groups is 1. The van der Waals surface area contributed by atoms with Crippen molar-refractivity contribution in [2.75, 3.05) is 11.1 Å². The summed E-state index contributed by atoms with van der Waals surface area (Å²) in [5.74, 6) is -0.348. The van der Waals surface area contributed by atoms with Gasteiger partial charge in [0, 0.05) is 28.6 Å². The van der Waals surface area contributed by atoms with Gasteiger partial charge in [-0.05, 0) is 36.9 Å². The number of halogens is 3. The van der Waals surface area contributed by atoms with Gasteiger partial charge in [0.1, 0.15) is 11.5 Å². The molecule has 4 aromatic heterocycles. The highest BCUT2D eigenvalue weighted by Crippen LogP contribution is 2.28. The van der Waals surface area contributed by atoms with Crippen LogP contribution in [0.5, 0.6) is 0 Å². The summed E-state index contributed by atoms with van der Waals surface area (Å²) in [5, 5.41) is 17.9. The minimum Gasteiger partial charge on any atom is -0.299 e. The number of nitrogens with one attached hydrogen (secondary N) is 2. The number of fused-ring (bicyclic) bond motifs is 1. The fourth-order valence-electron chi connectivity index (χ4n) is 3.46. The van der Waals surface area contributed by atoms with Crippen LogP contribution in [0.25, 0.3) is 28.0 Å². The van der Waals surface area contributed by atoms with Gasteiger partial charge in [0.25, 0.3) is 5.91 Å². The predicted molar refractivity (Wildman–Crippen MR) is 142 cm³/mol. The first-order valence-electron chi connectivity index (χ1n) is 10.1. The number of amides is 1. The lowest BCUT2D eigenvalue weighted by molar-refractivity contribution is 0.102. The Hall–Kier alpha value is -2.99. The number of rotatable bonds is 6. The van der Waals surface area contributed by atoms with Crippen molar-refractivity contribution in [3.8, 4) is 22.4 Å². The largest absolute Gasteiger partial charge is 0.299 e. The molecule has 0 unspecified atom stereocenters. The number of imidazole rings is 1. The number of carbonyl (C=O) groups is 1. The highest BCUT2D eigenvalue weighted by Gasteiger charge is 2.17. The lowest BCUT2D eigenvalue weighted by Crippen LogP contribution is -2.13. The second-order valence-corrected chi connectivity index (χ2v) is 9.64. The molecule has 2 N–H and O–H groups in total. The first kappa shape index (κ1) is 26.6. The molecule has 0 aliphatic heterocycles. The van der Waals surface area contributed by atoms with E-state index in [1.165, 1.54) is 35.2 Å². The molecule has 1 aromatic carbocycles. The Morgan fingerprint density at radius 3 is 2.69 bits per heavy atom. The molecule has 5 rings (SSSR count). The molecule has 0 aliphatic rings.